The number of fused-ring (bicyclic) bond motifs is 1. The predicted octanol–water partition coefficient (Wildman–Crippen LogP) is 3.41. The number of hydrogen-bond acceptors (Lipinski definition) is 4. The zero-order chi connectivity index (χ0) is 20.2. The van der Waals surface area contributed by atoms with Crippen LogP contribution in [0.4, 0.5) is 5.69 Å². The molecule has 2 heterocycles. The standard InChI is InChI=1S/C23H26N4O2/c1-17-6-4-5-13-26(17)15-18-9-11-20(12-10-18)25-22(28)16-27-23(29)21-8-3-2-7-19(21)14-24-27/h2-3,7-12,14,17H,4-6,13,15-16H2,1H3,(H,25,28)/t17-/m1/s1. The molecule has 6 heteroatoms. The van der Waals surface area contributed by atoms with Gasteiger partial charge in [-0.2, -0.15) is 5.10 Å². The van der Waals surface area contributed by atoms with Gasteiger partial charge in [-0.1, -0.05) is 36.8 Å². The molecule has 1 N–H and O–H groups in total. The number of carbonyl (C=O) groups excluding carboxylic acids is 1. The van der Waals surface area contributed by atoms with E-state index in [2.05, 4.69) is 34.4 Å². The first-order valence-corrected chi connectivity index (χ1v) is 10.2. The Morgan fingerprint density at radius 1 is 1.14 bits per heavy atom. The van der Waals surface area contributed by atoms with Crippen LogP contribution in [0.15, 0.2) is 59.5 Å². The molecule has 3 aromatic rings. The van der Waals surface area contributed by atoms with Crippen molar-refractivity contribution in [3.05, 3.63) is 70.6 Å². The Bertz CT molecular complexity index is 1060. The number of carbonyl (C=O) groups is 1. The van der Waals surface area contributed by atoms with Gasteiger partial charge in [-0.25, -0.2) is 4.68 Å². The number of benzene rings is 2. The van der Waals surface area contributed by atoms with Crippen LogP contribution in [0, 0.1) is 0 Å². The number of likely N-dealkylation sites (tertiary alicyclic amines) is 1. The van der Waals surface area contributed by atoms with Gasteiger partial charge in [-0.3, -0.25) is 14.5 Å². The lowest BCUT2D eigenvalue weighted by molar-refractivity contribution is -0.117. The monoisotopic (exact) mass is 390 g/mol. The van der Waals surface area contributed by atoms with Crippen LogP contribution in [0.3, 0.4) is 0 Å². The maximum absolute atomic E-state index is 12.5. The Labute approximate surface area is 170 Å². The van der Waals surface area contributed by atoms with Gasteiger partial charge in [-0.15, -0.1) is 0 Å². The first-order valence-electron chi connectivity index (χ1n) is 10.2. The molecule has 0 unspecified atom stereocenters. The molecule has 0 saturated carbocycles. The van der Waals surface area contributed by atoms with Crippen molar-refractivity contribution in [2.45, 2.75) is 45.3 Å². The Morgan fingerprint density at radius 2 is 1.93 bits per heavy atom. The van der Waals surface area contributed by atoms with Crippen molar-refractivity contribution in [2.24, 2.45) is 0 Å². The molecule has 0 bridgehead atoms. The van der Waals surface area contributed by atoms with Gasteiger partial charge in [0.2, 0.25) is 5.91 Å². The molecule has 1 atom stereocenters. The number of nitrogens with one attached hydrogen (secondary N) is 1. The van der Waals surface area contributed by atoms with Crippen molar-refractivity contribution in [3.63, 3.8) is 0 Å². The minimum absolute atomic E-state index is 0.114. The Balaban J connectivity index is 1.38. The van der Waals surface area contributed by atoms with Crippen molar-refractivity contribution in [1.82, 2.24) is 14.7 Å². The molecule has 2 aromatic carbocycles. The van der Waals surface area contributed by atoms with E-state index in [-0.39, 0.29) is 18.0 Å². The Hall–Kier alpha value is -2.99. The smallest absolute Gasteiger partial charge is 0.275 e. The van der Waals surface area contributed by atoms with Crippen LogP contribution in [0.2, 0.25) is 0 Å². The normalized spacial score (nSPS) is 17.3. The molecule has 1 saturated heterocycles. The quantitative estimate of drug-likeness (QED) is 0.725. The van der Waals surface area contributed by atoms with E-state index in [1.165, 1.54) is 29.5 Å². The fourth-order valence-corrected chi connectivity index (χ4v) is 3.90. The summed E-state index contributed by atoms with van der Waals surface area (Å²) in [6, 6.07) is 15.8. The molecule has 1 aromatic heterocycles. The zero-order valence-corrected chi connectivity index (χ0v) is 16.7. The SMILES string of the molecule is C[C@@H]1CCCCN1Cc1ccc(NC(=O)Cn2ncc3ccccc3c2=O)cc1. The second kappa shape index (κ2) is 8.57. The summed E-state index contributed by atoms with van der Waals surface area (Å²) < 4.78 is 1.20. The van der Waals surface area contributed by atoms with Crippen molar-refractivity contribution in [2.75, 3.05) is 11.9 Å². The summed E-state index contributed by atoms with van der Waals surface area (Å²) in [6.45, 7) is 4.26. The van der Waals surface area contributed by atoms with E-state index in [4.69, 9.17) is 0 Å². The van der Waals surface area contributed by atoms with Crippen molar-refractivity contribution < 1.29 is 4.79 Å². The minimum Gasteiger partial charge on any atom is -0.324 e. The molecule has 4 rings (SSSR count). The fraction of sp³-hybridized carbons (Fsp3) is 0.348. The summed E-state index contributed by atoms with van der Waals surface area (Å²) in [4.78, 5) is 27.4. The molecule has 6 nitrogen and oxygen atoms in total. The summed E-state index contributed by atoms with van der Waals surface area (Å²) in [6.07, 6.45) is 5.45. The molecule has 1 aliphatic rings. The minimum atomic E-state index is -0.271. The second-order valence-corrected chi connectivity index (χ2v) is 7.76. The molecule has 1 fully saturated rings. The molecule has 0 radical (unpaired) electrons. The van der Waals surface area contributed by atoms with Gasteiger partial charge in [0.05, 0.1) is 11.6 Å². The highest BCUT2D eigenvalue weighted by Gasteiger charge is 2.18. The Kier molecular flexibility index (Phi) is 5.71. The number of nitrogens with zero attached hydrogens (tertiary/aromatic N) is 3. The lowest BCUT2D eigenvalue weighted by Gasteiger charge is -2.33. The van der Waals surface area contributed by atoms with E-state index < -0.39 is 0 Å². The topological polar surface area (TPSA) is 67.2 Å². The van der Waals surface area contributed by atoms with Gasteiger partial charge in [-0.05, 0) is 50.1 Å². The summed E-state index contributed by atoms with van der Waals surface area (Å²) >= 11 is 0. The highest BCUT2D eigenvalue weighted by Crippen LogP contribution is 2.20. The highest BCUT2D eigenvalue weighted by molar-refractivity contribution is 5.90. The molecule has 1 aliphatic heterocycles. The summed E-state index contributed by atoms with van der Waals surface area (Å²) in [5.74, 6) is -0.271. The third-order valence-electron chi connectivity index (χ3n) is 5.62. The van der Waals surface area contributed by atoms with E-state index in [1.54, 1.807) is 18.3 Å². The van der Waals surface area contributed by atoms with Crippen LogP contribution in [0.1, 0.15) is 31.7 Å². The summed E-state index contributed by atoms with van der Waals surface area (Å²) in [5, 5.41) is 8.30. The number of rotatable bonds is 5. The lowest BCUT2D eigenvalue weighted by atomic mass is 10.0. The van der Waals surface area contributed by atoms with Crippen LogP contribution in [0.5, 0.6) is 0 Å². The van der Waals surface area contributed by atoms with Gasteiger partial charge >= 0.3 is 0 Å². The first-order chi connectivity index (χ1) is 14.1. The maximum Gasteiger partial charge on any atom is 0.275 e. The van der Waals surface area contributed by atoms with Crippen molar-refractivity contribution in [1.29, 1.82) is 0 Å². The number of piperidine rings is 1. The lowest BCUT2D eigenvalue weighted by Crippen LogP contribution is -2.36. The van der Waals surface area contributed by atoms with E-state index in [0.717, 1.165) is 24.2 Å². The molecular weight excluding hydrogens is 364 g/mol. The van der Waals surface area contributed by atoms with Gasteiger partial charge in [0.1, 0.15) is 6.54 Å². The molecule has 0 spiro atoms. The molecule has 150 valence electrons. The predicted molar refractivity (Wildman–Crippen MR) is 115 cm³/mol. The van der Waals surface area contributed by atoms with E-state index in [9.17, 15) is 9.59 Å². The Morgan fingerprint density at radius 3 is 2.72 bits per heavy atom. The van der Waals surface area contributed by atoms with Crippen LogP contribution >= 0.6 is 0 Å². The fourth-order valence-electron chi connectivity index (χ4n) is 3.90. The number of hydrogen-bond donors (Lipinski definition) is 1. The molecular formula is C23H26N4O2. The van der Waals surface area contributed by atoms with Crippen molar-refractivity contribution >= 4 is 22.4 Å². The van der Waals surface area contributed by atoms with E-state index in [0.29, 0.717) is 11.4 Å². The maximum atomic E-state index is 12.5. The summed E-state index contributed by atoms with van der Waals surface area (Å²) in [5.41, 5.74) is 1.70. The third-order valence-corrected chi connectivity index (χ3v) is 5.62. The van der Waals surface area contributed by atoms with E-state index >= 15 is 0 Å². The summed E-state index contributed by atoms with van der Waals surface area (Å²) in [7, 11) is 0. The van der Waals surface area contributed by atoms with Gasteiger partial charge < -0.3 is 5.32 Å². The number of aromatic nitrogens is 2. The van der Waals surface area contributed by atoms with Gasteiger partial charge in [0.25, 0.3) is 5.56 Å². The van der Waals surface area contributed by atoms with Crippen LogP contribution in [-0.4, -0.2) is 33.2 Å². The number of anilines is 1. The molecule has 29 heavy (non-hydrogen) atoms. The highest BCUT2D eigenvalue weighted by atomic mass is 16.2. The van der Waals surface area contributed by atoms with Gasteiger partial charge in [0, 0.05) is 23.7 Å². The zero-order valence-electron chi connectivity index (χ0n) is 16.7. The van der Waals surface area contributed by atoms with Crippen LogP contribution < -0.4 is 10.9 Å². The first kappa shape index (κ1) is 19.3. The number of amides is 1. The van der Waals surface area contributed by atoms with Gasteiger partial charge in [0.15, 0.2) is 0 Å². The molecule has 0 aliphatic carbocycles. The third kappa shape index (κ3) is 4.54. The molecule has 1 amide bonds. The van der Waals surface area contributed by atoms with Crippen molar-refractivity contribution in [3.8, 4) is 0 Å². The largest absolute Gasteiger partial charge is 0.324 e. The van der Waals surface area contributed by atoms with E-state index in [1.807, 2.05) is 24.3 Å². The average Bonchev–Trinajstić information content (AvgIpc) is 2.73. The average molecular weight is 390 g/mol. The van der Waals surface area contributed by atoms with Crippen LogP contribution in [-0.2, 0) is 17.9 Å². The van der Waals surface area contributed by atoms with Crippen LogP contribution in [0.25, 0.3) is 10.8 Å². The second-order valence-electron chi connectivity index (χ2n) is 7.76.